The van der Waals surface area contributed by atoms with Gasteiger partial charge in [0.15, 0.2) is 5.78 Å². The Morgan fingerprint density at radius 1 is 1.00 bits per heavy atom. The summed E-state index contributed by atoms with van der Waals surface area (Å²) in [7, 11) is 0. The Balaban J connectivity index is 0.000000249. The molecule has 0 fully saturated rings. The second-order valence-corrected chi connectivity index (χ2v) is 7.95. The number of carbonyl (C=O) groups excluding carboxylic acids is 1. The van der Waals surface area contributed by atoms with Gasteiger partial charge in [0.25, 0.3) is 0 Å². The number of Topliss-reactive ketones (excluding diaryl/α,β-unsaturated/α-hetero) is 1. The van der Waals surface area contributed by atoms with Gasteiger partial charge in [-0.3, -0.25) is 9.89 Å². The number of ether oxygens (including phenoxy) is 1. The lowest BCUT2D eigenvalue weighted by Gasteiger charge is -2.12. The highest BCUT2D eigenvalue weighted by atomic mass is 32.1. The van der Waals surface area contributed by atoms with E-state index in [0.29, 0.717) is 11.6 Å². The Kier molecular flexibility index (Phi) is 8.24. The maximum atomic E-state index is 11.1. The number of rotatable bonds is 5. The van der Waals surface area contributed by atoms with E-state index < -0.39 is 0 Å². The van der Waals surface area contributed by atoms with Gasteiger partial charge >= 0.3 is 0 Å². The molecule has 0 saturated carbocycles. The van der Waals surface area contributed by atoms with Crippen molar-refractivity contribution >= 4 is 28.2 Å². The third-order valence-electron chi connectivity index (χ3n) is 3.93. The average molecular weight is 425 g/mol. The van der Waals surface area contributed by atoms with Gasteiger partial charge in [0.1, 0.15) is 11.4 Å². The van der Waals surface area contributed by atoms with E-state index in [2.05, 4.69) is 15.2 Å². The molecule has 7 heteroatoms. The maximum absolute atomic E-state index is 11.1. The zero-order valence-electron chi connectivity index (χ0n) is 16.9. The highest BCUT2D eigenvalue weighted by Gasteiger charge is 2.14. The minimum absolute atomic E-state index is 0. The Morgan fingerprint density at radius 3 is 2.23 bits per heavy atom. The molecule has 3 heterocycles. The van der Waals surface area contributed by atoms with Crippen LogP contribution >= 0.6 is 11.3 Å². The summed E-state index contributed by atoms with van der Waals surface area (Å²) in [5.74, 6) is 0.758. The molecule has 0 saturated heterocycles. The summed E-state index contributed by atoms with van der Waals surface area (Å²) in [6.07, 6.45) is 1.66. The summed E-state index contributed by atoms with van der Waals surface area (Å²) in [4.78, 5) is 21.5. The molecule has 0 atom stereocenters. The smallest absolute Gasteiger partial charge is 0.242 e. The van der Waals surface area contributed by atoms with Crippen LogP contribution in [0.1, 0.15) is 45.6 Å². The molecule has 4 rings (SSSR count). The fourth-order valence-electron chi connectivity index (χ4n) is 2.57. The van der Waals surface area contributed by atoms with E-state index in [9.17, 15) is 4.79 Å². The number of benzene rings is 1. The molecule has 0 aliphatic carbocycles. The SMILES string of the molecule is C.CC(C)C(=O)c1ccn[nH]1.CC(C)Oc1nc2ccccc2nc1-c1cccs1. The van der Waals surface area contributed by atoms with Crippen LogP contribution in [0, 0.1) is 5.92 Å². The molecule has 6 nitrogen and oxygen atoms in total. The lowest BCUT2D eigenvalue weighted by atomic mass is 10.1. The predicted molar refractivity (Wildman–Crippen MR) is 123 cm³/mol. The first-order valence-corrected chi connectivity index (χ1v) is 10.3. The maximum Gasteiger partial charge on any atom is 0.242 e. The van der Waals surface area contributed by atoms with Gasteiger partial charge in [-0.1, -0.05) is 39.5 Å². The highest BCUT2D eigenvalue weighted by Crippen LogP contribution is 2.32. The van der Waals surface area contributed by atoms with Crippen LogP contribution < -0.4 is 4.74 Å². The van der Waals surface area contributed by atoms with Crippen molar-refractivity contribution in [3.63, 3.8) is 0 Å². The minimum atomic E-state index is 0. The van der Waals surface area contributed by atoms with Crippen LogP contribution in [0.4, 0.5) is 0 Å². The van der Waals surface area contributed by atoms with Gasteiger partial charge in [-0.25, -0.2) is 9.97 Å². The van der Waals surface area contributed by atoms with Crippen LogP contribution in [0.15, 0.2) is 54.0 Å². The van der Waals surface area contributed by atoms with Gasteiger partial charge in [0.05, 0.1) is 22.0 Å². The van der Waals surface area contributed by atoms with E-state index >= 15 is 0 Å². The lowest BCUT2D eigenvalue weighted by Crippen LogP contribution is -2.08. The number of hydrogen-bond donors (Lipinski definition) is 1. The Morgan fingerprint density at radius 2 is 1.70 bits per heavy atom. The molecule has 4 aromatic rings. The number of fused-ring (bicyclic) bond motifs is 1. The largest absolute Gasteiger partial charge is 0.473 e. The van der Waals surface area contributed by atoms with Crippen molar-refractivity contribution in [2.45, 2.75) is 41.2 Å². The van der Waals surface area contributed by atoms with Gasteiger partial charge in [-0.05, 0) is 43.5 Å². The summed E-state index contributed by atoms with van der Waals surface area (Å²) < 4.78 is 5.81. The van der Waals surface area contributed by atoms with Crippen LogP contribution in [-0.2, 0) is 0 Å². The highest BCUT2D eigenvalue weighted by molar-refractivity contribution is 7.13. The van der Waals surface area contributed by atoms with Crippen LogP contribution in [0.3, 0.4) is 0 Å². The van der Waals surface area contributed by atoms with Gasteiger partial charge in [-0.15, -0.1) is 11.3 Å². The van der Waals surface area contributed by atoms with Crippen molar-refractivity contribution in [1.29, 1.82) is 0 Å². The first-order chi connectivity index (χ1) is 14.0. The van der Waals surface area contributed by atoms with E-state index in [0.717, 1.165) is 21.6 Å². The molecular weight excluding hydrogens is 396 g/mol. The topological polar surface area (TPSA) is 80.8 Å². The van der Waals surface area contributed by atoms with E-state index in [1.807, 2.05) is 69.5 Å². The Bertz CT molecular complexity index is 1060. The molecule has 158 valence electrons. The molecule has 1 N–H and O–H groups in total. The molecule has 0 unspecified atom stereocenters. The van der Waals surface area contributed by atoms with Gasteiger partial charge < -0.3 is 4.74 Å². The quantitative estimate of drug-likeness (QED) is 0.396. The molecular formula is C23H28N4O2S. The molecule has 0 bridgehead atoms. The first kappa shape index (κ1) is 23.2. The van der Waals surface area contributed by atoms with Crippen molar-refractivity contribution in [3.8, 4) is 16.5 Å². The summed E-state index contributed by atoms with van der Waals surface area (Å²) in [5.41, 5.74) is 3.16. The van der Waals surface area contributed by atoms with Crippen molar-refractivity contribution in [3.05, 3.63) is 59.7 Å². The summed E-state index contributed by atoms with van der Waals surface area (Å²) in [5, 5.41) is 8.33. The lowest BCUT2D eigenvalue weighted by molar-refractivity contribution is 0.0934. The number of hydrogen-bond acceptors (Lipinski definition) is 6. The number of carbonyl (C=O) groups is 1. The number of para-hydroxylation sites is 2. The molecule has 0 spiro atoms. The third kappa shape index (κ3) is 5.73. The zero-order chi connectivity index (χ0) is 20.8. The average Bonchev–Trinajstić information content (AvgIpc) is 3.41. The Labute approximate surface area is 181 Å². The van der Waals surface area contributed by atoms with Gasteiger partial charge in [-0.2, -0.15) is 5.10 Å². The fraction of sp³-hybridized carbons (Fsp3) is 0.304. The second kappa shape index (κ2) is 10.6. The number of aromatic amines is 1. The van der Waals surface area contributed by atoms with Crippen molar-refractivity contribution in [1.82, 2.24) is 20.2 Å². The van der Waals surface area contributed by atoms with E-state index in [1.54, 1.807) is 23.6 Å². The van der Waals surface area contributed by atoms with Crippen LogP contribution in [0.5, 0.6) is 5.88 Å². The van der Waals surface area contributed by atoms with Gasteiger partial charge in [0, 0.05) is 12.1 Å². The van der Waals surface area contributed by atoms with Crippen molar-refractivity contribution in [2.75, 3.05) is 0 Å². The van der Waals surface area contributed by atoms with E-state index in [1.165, 1.54) is 0 Å². The monoisotopic (exact) mass is 424 g/mol. The number of thiophene rings is 1. The molecule has 0 radical (unpaired) electrons. The van der Waals surface area contributed by atoms with Crippen LogP contribution in [0.2, 0.25) is 0 Å². The number of aromatic nitrogens is 4. The fourth-order valence-corrected chi connectivity index (χ4v) is 3.27. The molecule has 3 aromatic heterocycles. The van der Waals surface area contributed by atoms with E-state index in [-0.39, 0.29) is 25.2 Å². The molecule has 30 heavy (non-hydrogen) atoms. The van der Waals surface area contributed by atoms with Crippen molar-refractivity contribution < 1.29 is 9.53 Å². The molecule has 0 amide bonds. The number of nitrogens with zero attached hydrogens (tertiary/aromatic N) is 3. The molecule has 1 aromatic carbocycles. The zero-order valence-corrected chi connectivity index (χ0v) is 17.7. The molecule has 0 aliphatic heterocycles. The van der Waals surface area contributed by atoms with Crippen LogP contribution in [-0.4, -0.2) is 32.1 Å². The minimum Gasteiger partial charge on any atom is -0.473 e. The van der Waals surface area contributed by atoms with Gasteiger partial charge in [0.2, 0.25) is 5.88 Å². The van der Waals surface area contributed by atoms with E-state index in [4.69, 9.17) is 9.72 Å². The summed E-state index contributed by atoms with van der Waals surface area (Å²) in [6, 6.07) is 13.6. The predicted octanol–water partition coefficient (Wildman–Crippen LogP) is 6.03. The first-order valence-electron chi connectivity index (χ1n) is 9.46. The second-order valence-electron chi connectivity index (χ2n) is 7.00. The molecule has 0 aliphatic rings. The van der Waals surface area contributed by atoms with Crippen LogP contribution in [0.25, 0.3) is 21.6 Å². The van der Waals surface area contributed by atoms with Crippen molar-refractivity contribution in [2.24, 2.45) is 5.92 Å². The third-order valence-corrected chi connectivity index (χ3v) is 4.81. The number of nitrogens with one attached hydrogen (secondary N) is 1. The standard InChI is InChI=1S/C15H14N2OS.C7H10N2O.CH4/c1-10(2)18-15-14(13-8-5-9-19-13)16-11-6-3-4-7-12(11)17-15;1-5(2)7(10)6-3-4-8-9-6;/h3-10H,1-2H3;3-5H,1-2H3,(H,8,9);1H4. The number of H-pyrrole nitrogens is 1. The number of ketones is 1. The Hall–Kier alpha value is -3.06. The summed E-state index contributed by atoms with van der Waals surface area (Å²) in [6.45, 7) is 7.72. The summed E-state index contributed by atoms with van der Waals surface area (Å²) >= 11 is 1.64. The normalized spacial score (nSPS) is 10.5.